The zero-order valence-electron chi connectivity index (χ0n) is 14.3. The van der Waals surface area contributed by atoms with E-state index in [0.29, 0.717) is 11.7 Å². The largest absolute Gasteiger partial charge is 0.497 e. The van der Waals surface area contributed by atoms with Gasteiger partial charge in [0.05, 0.1) is 18.7 Å². The van der Waals surface area contributed by atoms with E-state index in [2.05, 4.69) is 32.2 Å². The summed E-state index contributed by atoms with van der Waals surface area (Å²) in [6, 6.07) is 12.4. The third kappa shape index (κ3) is 2.95. The summed E-state index contributed by atoms with van der Waals surface area (Å²) < 4.78 is 10.6. The molecule has 0 bridgehead atoms. The number of hydrogen-bond acceptors (Lipinski definition) is 6. The van der Waals surface area contributed by atoms with Crippen LogP contribution in [0.3, 0.4) is 0 Å². The number of ether oxygens (including phenoxy) is 1. The lowest BCUT2D eigenvalue weighted by molar-refractivity contribution is 0.414. The van der Waals surface area contributed by atoms with Gasteiger partial charge in [-0.15, -0.1) is 0 Å². The lowest BCUT2D eigenvalue weighted by Crippen LogP contribution is -2.24. The molecule has 128 valence electrons. The first-order valence-electron chi connectivity index (χ1n) is 8.42. The molecule has 6 nitrogen and oxygen atoms in total. The summed E-state index contributed by atoms with van der Waals surface area (Å²) in [5, 5.41) is 3.91. The summed E-state index contributed by atoms with van der Waals surface area (Å²) in [5.41, 5.74) is 2.14. The van der Waals surface area contributed by atoms with Gasteiger partial charge in [0.1, 0.15) is 11.6 Å². The van der Waals surface area contributed by atoms with Gasteiger partial charge < -0.3 is 14.2 Å². The minimum Gasteiger partial charge on any atom is -0.497 e. The Morgan fingerprint density at radius 1 is 1.20 bits per heavy atom. The highest BCUT2D eigenvalue weighted by molar-refractivity contribution is 5.70. The lowest BCUT2D eigenvalue weighted by Gasteiger charge is -2.27. The van der Waals surface area contributed by atoms with Crippen LogP contribution in [0.1, 0.15) is 30.3 Å². The van der Waals surface area contributed by atoms with Crippen LogP contribution in [0.15, 0.2) is 47.1 Å². The highest BCUT2D eigenvalue weighted by Gasteiger charge is 2.30. The lowest BCUT2D eigenvalue weighted by atomic mass is 10.0. The minimum atomic E-state index is 0.281. The standard InChI is InChI=1S/C19H20N4O2/c1-13-21-19(25-22-13)16-5-3-11-20-18(16)23-12-4-6-17(23)14-7-9-15(24-2)10-8-14/h3,5,7-11,17H,4,6,12H2,1-2H3/t17-/m0/s1. The zero-order chi connectivity index (χ0) is 17.2. The topological polar surface area (TPSA) is 64.3 Å². The Balaban J connectivity index is 1.71. The molecule has 1 saturated heterocycles. The summed E-state index contributed by atoms with van der Waals surface area (Å²) in [7, 11) is 1.68. The van der Waals surface area contributed by atoms with Crippen molar-refractivity contribution >= 4 is 5.82 Å². The zero-order valence-corrected chi connectivity index (χ0v) is 14.3. The van der Waals surface area contributed by atoms with Crippen molar-refractivity contribution < 1.29 is 9.26 Å². The van der Waals surface area contributed by atoms with Gasteiger partial charge in [-0.05, 0) is 49.6 Å². The Hall–Kier alpha value is -2.89. The van der Waals surface area contributed by atoms with Gasteiger partial charge in [0.25, 0.3) is 5.89 Å². The van der Waals surface area contributed by atoms with Crippen molar-refractivity contribution in [3.05, 3.63) is 54.0 Å². The van der Waals surface area contributed by atoms with Crippen LogP contribution >= 0.6 is 0 Å². The third-order valence-electron chi connectivity index (χ3n) is 4.57. The molecule has 3 aromatic rings. The van der Waals surface area contributed by atoms with Gasteiger partial charge in [-0.25, -0.2) is 4.98 Å². The number of rotatable bonds is 4. The molecular formula is C19H20N4O2. The summed E-state index contributed by atoms with van der Waals surface area (Å²) in [6.45, 7) is 2.77. The van der Waals surface area contributed by atoms with E-state index < -0.39 is 0 Å². The Labute approximate surface area is 146 Å². The van der Waals surface area contributed by atoms with E-state index in [1.807, 2.05) is 37.4 Å². The Morgan fingerprint density at radius 2 is 2.04 bits per heavy atom. The average Bonchev–Trinajstić information content (AvgIpc) is 3.31. The third-order valence-corrected chi connectivity index (χ3v) is 4.57. The summed E-state index contributed by atoms with van der Waals surface area (Å²) in [4.78, 5) is 11.3. The van der Waals surface area contributed by atoms with Crippen molar-refractivity contribution in [2.24, 2.45) is 0 Å². The molecule has 3 heterocycles. The number of aryl methyl sites for hydroxylation is 1. The summed E-state index contributed by atoms with van der Waals surface area (Å²) in [5.74, 6) is 2.90. The van der Waals surface area contributed by atoms with E-state index in [0.717, 1.165) is 36.5 Å². The number of anilines is 1. The Bertz CT molecular complexity index is 860. The van der Waals surface area contributed by atoms with Crippen molar-refractivity contribution in [3.8, 4) is 17.2 Å². The van der Waals surface area contributed by atoms with Crippen molar-refractivity contribution in [1.29, 1.82) is 0 Å². The van der Waals surface area contributed by atoms with Crippen LogP contribution in [0, 0.1) is 6.92 Å². The van der Waals surface area contributed by atoms with E-state index in [1.54, 1.807) is 7.11 Å². The van der Waals surface area contributed by atoms with E-state index in [4.69, 9.17) is 9.26 Å². The predicted molar refractivity (Wildman–Crippen MR) is 94.6 cm³/mol. The van der Waals surface area contributed by atoms with Crippen LogP contribution in [0.5, 0.6) is 5.75 Å². The molecule has 2 aromatic heterocycles. The molecule has 0 radical (unpaired) electrons. The maximum atomic E-state index is 5.38. The van der Waals surface area contributed by atoms with Crippen LogP contribution in [0.2, 0.25) is 0 Å². The van der Waals surface area contributed by atoms with E-state index >= 15 is 0 Å². The fourth-order valence-corrected chi connectivity index (χ4v) is 3.39. The fourth-order valence-electron chi connectivity index (χ4n) is 3.39. The monoisotopic (exact) mass is 336 g/mol. The van der Waals surface area contributed by atoms with Gasteiger partial charge in [-0.2, -0.15) is 4.98 Å². The number of hydrogen-bond donors (Lipinski definition) is 0. The SMILES string of the molecule is COc1ccc([C@@H]2CCCN2c2ncccc2-c2nc(C)no2)cc1. The number of nitrogens with zero attached hydrogens (tertiary/aromatic N) is 4. The average molecular weight is 336 g/mol. The van der Waals surface area contributed by atoms with Crippen molar-refractivity contribution in [1.82, 2.24) is 15.1 Å². The quantitative estimate of drug-likeness (QED) is 0.722. The molecule has 0 spiro atoms. The first-order valence-corrected chi connectivity index (χ1v) is 8.42. The van der Waals surface area contributed by atoms with E-state index in [9.17, 15) is 0 Å². The van der Waals surface area contributed by atoms with Gasteiger partial charge in [-0.3, -0.25) is 0 Å². The number of aromatic nitrogens is 3. The molecule has 0 unspecified atom stereocenters. The molecule has 1 aliphatic heterocycles. The van der Waals surface area contributed by atoms with Gasteiger partial charge in [0.2, 0.25) is 0 Å². The smallest absolute Gasteiger partial charge is 0.261 e. The van der Waals surface area contributed by atoms with Crippen LogP contribution in [0.4, 0.5) is 5.82 Å². The second-order valence-corrected chi connectivity index (χ2v) is 6.15. The second-order valence-electron chi connectivity index (χ2n) is 6.15. The molecule has 0 aliphatic carbocycles. The molecule has 1 aliphatic rings. The molecule has 1 atom stereocenters. The number of benzene rings is 1. The van der Waals surface area contributed by atoms with E-state index in [1.165, 1.54) is 5.56 Å². The summed E-state index contributed by atoms with van der Waals surface area (Å²) in [6.07, 6.45) is 4.02. The van der Waals surface area contributed by atoms with Crippen LogP contribution in [-0.4, -0.2) is 28.8 Å². The molecule has 4 rings (SSSR count). The number of methoxy groups -OCH3 is 1. The normalized spacial score (nSPS) is 17.0. The van der Waals surface area contributed by atoms with Gasteiger partial charge >= 0.3 is 0 Å². The summed E-state index contributed by atoms with van der Waals surface area (Å²) >= 11 is 0. The first kappa shape index (κ1) is 15.6. The van der Waals surface area contributed by atoms with Gasteiger partial charge in [0.15, 0.2) is 5.82 Å². The van der Waals surface area contributed by atoms with E-state index in [-0.39, 0.29) is 6.04 Å². The second kappa shape index (κ2) is 6.55. The predicted octanol–water partition coefficient (Wildman–Crippen LogP) is 3.79. The van der Waals surface area contributed by atoms with Crippen LogP contribution in [-0.2, 0) is 0 Å². The van der Waals surface area contributed by atoms with Crippen LogP contribution in [0.25, 0.3) is 11.5 Å². The Morgan fingerprint density at radius 3 is 2.76 bits per heavy atom. The molecular weight excluding hydrogens is 316 g/mol. The minimum absolute atomic E-state index is 0.281. The molecule has 25 heavy (non-hydrogen) atoms. The molecule has 0 N–H and O–H groups in total. The molecule has 1 aromatic carbocycles. The highest BCUT2D eigenvalue weighted by atomic mass is 16.5. The van der Waals surface area contributed by atoms with Crippen LogP contribution < -0.4 is 9.64 Å². The molecule has 0 amide bonds. The molecule has 0 saturated carbocycles. The maximum absolute atomic E-state index is 5.38. The van der Waals surface area contributed by atoms with Gasteiger partial charge in [0, 0.05) is 12.7 Å². The highest BCUT2D eigenvalue weighted by Crippen LogP contribution is 2.39. The molecule has 6 heteroatoms. The van der Waals surface area contributed by atoms with Crippen molar-refractivity contribution in [2.45, 2.75) is 25.8 Å². The van der Waals surface area contributed by atoms with Gasteiger partial charge in [-0.1, -0.05) is 17.3 Å². The maximum Gasteiger partial charge on any atom is 0.261 e. The molecule has 1 fully saturated rings. The van der Waals surface area contributed by atoms with Crippen molar-refractivity contribution in [3.63, 3.8) is 0 Å². The number of pyridine rings is 1. The fraction of sp³-hybridized carbons (Fsp3) is 0.316. The first-order chi connectivity index (χ1) is 12.3. The van der Waals surface area contributed by atoms with Crippen molar-refractivity contribution in [2.75, 3.05) is 18.6 Å². The Kier molecular flexibility index (Phi) is 4.09.